The Bertz CT molecular complexity index is 414. The first-order valence-corrected chi connectivity index (χ1v) is 8.24. The fourth-order valence-corrected chi connectivity index (χ4v) is 5.26. The van der Waals surface area contributed by atoms with Gasteiger partial charge in [-0.15, -0.1) is 11.3 Å². The molecule has 3 atom stereocenters. The van der Waals surface area contributed by atoms with Gasteiger partial charge < -0.3 is 5.32 Å². The van der Waals surface area contributed by atoms with Crippen LogP contribution in [0.4, 0.5) is 0 Å². The standard InChI is InChI=1S/C15H24N2S/c1-11-9-12(5-4-8-16-2)15(11)7-3-6-13-14(15)17-10-18-13/h10-12,16H,3-9H2,1-2H3. The Balaban J connectivity index is 1.81. The van der Waals surface area contributed by atoms with Gasteiger partial charge in [0.25, 0.3) is 0 Å². The number of fused-ring (bicyclic) bond motifs is 2. The van der Waals surface area contributed by atoms with Crippen LogP contribution in [0.3, 0.4) is 0 Å². The number of hydrogen-bond acceptors (Lipinski definition) is 3. The molecule has 1 fully saturated rings. The number of hydrogen-bond donors (Lipinski definition) is 1. The Morgan fingerprint density at radius 2 is 2.44 bits per heavy atom. The van der Waals surface area contributed by atoms with E-state index in [9.17, 15) is 0 Å². The van der Waals surface area contributed by atoms with E-state index in [1.54, 1.807) is 4.88 Å². The van der Waals surface area contributed by atoms with Gasteiger partial charge in [0.15, 0.2) is 0 Å². The third kappa shape index (κ3) is 1.75. The summed E-state index contributed by atoms with van der Waals surface area (Å²) in [7, 11) is 2.05. The quantitative estimate of drug-likeness (QED) is 0.843. The lowest BCUT2D eigenvalue weighted by Gasteiger charge is -2.56. The van der Waals surface area contributed by atoms with Crippen LogP contribution in [0.5, 0.6) is 0 Å². The Morgan fingerprint density at radius 1 is 1.56 bits per heavy atom. The number of aromatic nitrogens is 1. The Kier molecular flexibility index (Phi) is 3.46. The highest BCUT2D eigenvalue weighted by Gasteiger charge is 2.55. The van der Waals surface area contributed by atoms with Gasteiger partial charge in [0.2, 0.25) is 0 Å². The fourth-order valence-electron chi connectivity index (χ4n) is 4.35. The molecule has 3 heteroatoms. The molecule has 2 aliphatic rings. The monoisotopic (exact) mass is 264 g/mol. The van der Waals surface area contributed by atoms with Gasteiger partial charge >= 0.3 is 0 Å². The van der Waals surface area contributed by atoms with Crippen molar-refractivity contribution in [3.05, 3.63) is 16.1 Å². The van der Waals surface area contributed by atoms with E-state index in [0.717, 1.165) is 18.4 Å². The van der Waals surface area contributed by atoms with Gasteiger partial charge in [-0.25, -0.2) is 4.98 Å². The zero-order valence-electron chi connectivity index (χ0n) is 11.5. The Labute approximate surface area is 114 Å². The van der Waals surface area contributed by atoms with Crippen LogP contribution in [-0.2, 0) is 11.8 Å². The van der Waals surface area contributed by atoms with E-state index < -0.39 is 0 Å². The minimum Gasteiger partial charge on any atom is -0.320 e. The van der Waals surface area contributed by atoms with Gasteiger partial charge in [0.05, 0.1) is 11.2 Å². The Morgan fingerprint density at radius 3 is 3.22 bits per heavy atom. The zero-order valence-corrected chi connectivity index (χ0v) is 12.4. The smallest absolute Gasteiger partial charge is 0.0797 e. The number of nitrogens with zero attached hydrogens (tertiary/aromatic N) is 1. The van der Waals surface area contributed by atoms with Crippen molar-refractivity contribution in [2.45, 2.75) is 50.9 Å². The molecular formula is C15H24N2S. The first kappa shape index (κ1) is 12.6. The van der Waals surface area contributed by atoms with Crippen LogP contribution in [0.15, 0.2) is 5.51 Å². The second kappa shape index (κ2) is 4.93. The lowest BCUT2D eigenvalue weighted by atomic mass is 9.48. The van der Waals surface area contributed by atoms with E-state index >= 15 is 0 Å². The van der Waals surface area contributed by atoms with Crippen molar-refractivity contribution in [1.82, 2.24) is 10.3 Å². The molecule has 0 aliphatic heterocycles. The van der Waals surface area contributed by atoms with Crippen LogP contribution in [0.2, 0.25) is 0 Å². The summed E-state index contributed by atoms with van der Waals surface area (Å²) in [6.45, 7) is 3.61. The SMILES string of the molecule is CNCCCC1CC(C)C12CCCc1scnc12. The highest BCUT2D eigenvalue weighted by molar-refractivity contribution is 7.09. The summed E-state index contributed by atoms with van der Waals surface area (Å²) >= 11 is 1.89. The number of thiazole rings is 1. The topological polar surface area (TPSA) is 24.9 Å². The summed E-state index contributed by atoms with van der Waals surface area (Å²) in [5.74, 6) is 1.74. The molecule has 0 bridgehead atoms. The lowest BCUT2D eigenvalue weighted by molar-refractivity contribution is 0.0108. The summed E-state index contributed by atoms with van der Waals surface area (Å²) in [5.41, 5.74) is 4.03. The molecule has 18 heavy (non-hydrogen) atoms. The highest BCUT2D eigenvalue weighted by Crippen LogP contribution is 2.60. The molecule has 0 saturated heterocycles. The van der Waals surface area contributed by atoms with Crippen LogP contribution in [0.1, 0.15) is 49.6 Å². The highest BCUT2D eigenvalue weighted by atomic mass is 32.1. The molecule has 1 N–H and O–H groups in total. The van der Waals surface area contributed by atoms with Crippen molar-refractivity contribution in [3.8, 4) is 0 Å². The summed E-state index contributed by atoms with van der Waals surface area (Å²) < 4.78 is 0. The van der Waals surface area contributed by atoms with E-state index in [0.29, 0.717) is 5.41 Å². The molecule has 1 aromatic rings. The molecule has 1 heterocycles. The molecule has 100 valence electrons. The molecule has 2 nitrogen and oxygen atoms in total. The summed E-state index contributed by atoms with van der Waals surface area (Å²) in [5, 5.41) is 3.27. The van der Waals surface area contributed by atoms with Crippen LogP contribution >= 0.6 is 11.3 Å². The van der Waals surface area contributed by atoms with Gasteiger partial charge in [0.1, 0.15) is 0 Å². The summed E-state index contributed by atoms with van der Waals surface area (Å²) in [6.07, 6.45) is 8.15. The maximum atomic E-state index is 4.76. The van der Waals surface area contributed by atoms with Crippen LogP contribution < -0.4 is 5.32 Å². The molecule has 1 spiro atoms. The first-order valence-electron chi connectivity index (χ1n) is 7.36. The minimum atomic E-state index is 0.460. The van der Waals surface area contributed by atoms with Crippen molar-refractivity contribution >= 4 is 11.3 Å². The third-order valence-electron chi connectivity index (χ3n) is 5.30. The molecule has 3 unspecified atom stereocenters. The van der Waals surface area contributed by atoms with Crippen molar-refractivity contribution in [3.63, 3.8) is 0 Å². The van der Waals surface area contributed by atoms with Gasteiger partial charge in [0, 0.05) is 10.3 Å². The van der Waals surface area contributed by atoms with E-state index in [1.165, 1.54) is 44.2 Å². The van der Waals surface area contributed by atoms with E-state index in [1.807, 2.05) is 11.3 Å². The van der Waals surface area contributed by atoms with Gasteiger partial charge in [-0.3, -0.25) is 0 Å². The fraction of sp³-hybridized carbons (Fsp3) is 0.800. The van der Waals surface area contributed by atoms with E-state index in [2.05, 4.69) is 24.8 Å². The molecule has 2 aliphatic carbocycles. The van der Waals surface area contributed by atoms with Gasteiger partial charge in [-0.1, -0.05) is 6.92 Å². The van der Waals surface area contributed by atoms with Crippen LogP contribution in [-0.4, -0.2) is 18.6 Å². The van der Waals surface area contributed by atoms with E-state index in [4.69, 9.17) is 4.98 Å². The summed E-state index contributed by atoms with van der Waals surface area (Å²) in [4.78, 5) is 6.35. The maximum Gasteiger partial charge on any atom is 0.0797 e. The van der Waals surface area contributed by atoms with Gasteiger partial charge in [-0.05, 0) is 64.0 Å². The van der Waals surface area contributed by atoms with Gasteiger partial charge in [-0.2, -0.15) is 0 Å². The average Bonchev–Trinajstić information content (AvgIpc) is 2.86. The molecule has 0 amide bonds. The predicted molar refractivity (Wildman–Crippen MR) is 77.2 cm³/mol. The lowest BCUT2D eigenvalue weighted by Crippen LogP contribution is -2.53. The molecule has 0 aromatic carbocycles. The van der Waals surface area contributed by atoms with Crippen molar-refractivity contribution in [2.24, 2.45) is 11.8 Å². The maximum absolute atomic E-state index is 4.76. The van der Waals surface area contributed by atoms with Crippen molar-refractivity contribution in [2.75, 3.05) is 13.6 Å². The van der Waals surface area contributed by atoms with Crippen molar-refractivity contribution in [1.29, 1.82) is 0 Å². The number of aryl methyl sites for hydroxylation is 1. The largest absolute Gasteiger partial charge is 0.320 e. The van der Waals surface area contributed by atoms with E-state index in [-0.39, 0.29) is 0 Å². The zero-order chi connectivity index (χ0) is 12.6. The first-order chi connectivity index (χ1) is 8.79. The van der Waals surface area contributed by atoms with Crippen molar-refractivity contribution < 1.29 is 0 Å². The molecule has 1 saturated carbocycles. The van der Waals surface area contributed by atoms with Crippen LogP contribution in [0.25, 0.3) is 0 Å². The minimum absolute atomic E-state index is 0.460. The Hall–Kier alpha value is -0.410. The second-order valence-electron chi connectivity index (χ2n) is 6.10. The molecule has 0 radical (unpaired) electrons. The average molecular weight is 264 g/mol. The number of nitrogens with one attached hydrogen (secondary N) is 1. The molecular weight excluding hydrogens is 240 g/mol. The second-order valence-corrected chi connectivity index (χ2v) is 7.04. The third-order valence-corrected chi connectivity index (χ3v) is 6.19. The molecule has 3 rings (SSSR count). The number of rotatable bonds is 4. The molecule has 1 aromatic heterocycles. The van der Waals surface area contributed by atoms with Crippen LogP contribution in [0, 0.1) is 11.8 Å². The summed E-state index contributed by atoms with van der Waals surface area (Å²) in [6, 6.07) is 0. The normalized spacial score (nSPS) is 34.3. The predicted octanol–water partition coefficient (Wildman–Crippen LogP) is 3.37.